The second-order valence-electron chi connectivity index (χ2n) is 4.84. The molecule has 23 heavy (non-hydrogen) atoms. The minimum atomic E-state index is -0.854. The van der Waals surface area contributed by atoms with E-state index < -0.39 is 18.0 Å². The minimum Gasteiger partial charge on any atom is -0.479 e. The lowest BCUT2D eigenvalue weighted by Crippen LogP contribution is -2.43. The SMILES string of the molecule is CNC(=O)NC(=O)[C@H](C)Oc1ccc(-c2ccccc2)cc1Cl. The van der Waals surface area contributed by atoms with Crippen LogP contribution in [0.25, 0.3) is 11.1 Å². The third-order valence-electron chi connectivity index (χ3n) is 3.18. The van der Waals surface area contributed by atoms with E-state index >= 15 is 0 Å². The van der Waals surface area contributed by atoms with Gasteiger partial charge in [-0.3, -0.25) is 10.1 Å². The summed E-state index contributed by atoms with van der Waals surface area (Å²) in [6.45, 7) is 1.54. The molecule has 5 nitrogen and oxygen atoms in total. The Morgan fingerprint density at radius 1 is 1.09 bits per heavy atom. The Balaban J connectivity index is 2.09. The van der Waals surface area contributed by atoms with Crippen LogP contribution in [0.5, 0.6) is 5.75 Å². The molecule has 0 heterocycles. The zero-order valence-corrected chi connectivity index (χ0v) is 13.6. The van der Waals surface area contributed by atoms with Gasteiger partial charge in [-0.15, -0.1) is 0 Å². The number of carbonyl (C=O) groups excluding carboxylic acids is 2. The van der Waals surface area contributed by atoms with Gasteiger partial charge in [0.15, 0.2) is 6.10 Å². The van der Waals surface area contributed by atoms with Crippen LogP contribution in [-0.4, -0.2) is 25.1 Å². The number of halogens is 1. The van der Waals surface area contributed by atoms with Crippen molar-refractivity contribution < 1.29 is 14.3 Å². The van der Waals surface area contributed by atoms with E-state index in [4.69, 9.17) is 16.3 Å². The zero-order valence-electron chi connectivity index (χ0n) is 12.8. The Morgan fingerprint density at radius 2 is 1.78 bits per heavy atom. The highest BCUT2D eigenvalue weighted by molar-refractivity contribution is 6.32. The molecule has 3 amide bonds. The summed E-state index contributed by atoms with van der Waals surface area (Å²) in [7, 11) is 1.42. The molecule has 1 atom stereocenters. The number of urea groups is 1. The standard InChI is InChI=1S/C17H17ClN2O3/c1-11(16(21)20-17(22)19-2)23-15-9-8-13(10-14(15)18)12-6-4-3-5-7-12/h3-11H,1-2H3,(H2,19,20,21,22)/t11-/m0/s1. The van der Waals surface area contributed by atoms with Crippen molar-refractivity contribution in [2.75, 3.05) is 7.05 Å². The third kappa shape index (κ3) is 4.47. The molecule has 0 fully saturated rings. The first-order valence-electron chi connectivity index (χ1n) is 7.05. The van der Waals surface area contributed by atoms with E-state index in [1.54, 1.807) is 19.1 Å². The second kappa shape index (κ2) is 7.65. The van der Waals surface area contributed by atoms with Crippen LogP contribution in [0.3, 0.4) is 0 Å². The van der Waals surface area contributed by atoms with Crippen molar-refractivity contribution in [3.63, 3.8) is 0 Å². The van der Waals surface area contributed by atoms with Gasteiger partial charge < -0.3 is 10.1 Å². The Labute approximate surface area is 139 Å². The maximum atomic E-state index is 11.8. The van der Waals surface area contributed by atoms with Gasteiger partial charge in [0, 0.05) is 7.05 Å². The molecule has 0 spiro atoms. The number of hydrogen-bond acceptors (Lipinski definition) is 3. The molecule has 0 aliphatic rings. The van der Waals surface area contributed by atoms with Crippen molar-refractivity contribution in [1.82, 2.24) is 10.6 Å². The monoisotopic (exact) mass is 332 g/mol. The largest absolute Gasteiger partial charge is 0.479 e. The lowest BCUT2D eigenvalue weighted by Gasteiger charge is -2.15. The van der Waals surface area contributed by atoms with Gasteiger partial charge in [0.1, 0.15) is 5.75 Å². The molecule has 0 radical (unpaired) electrons. The van der Waals surface area contributed by atoms with E-state index in [1.165, 1.54) is 7.05 Å². The van der Waals surface area contributed by atoms with Crippen molar-refractivity contribution in [1.29, 1.82) is 0 Å². The molecule has 2 aromatic carbocycles. The molecule has 0 saturated carbocycles. The third-order valence-corrected chi connectivity index (χ3v) is 3.47. The fraction of sp³-hybridized carbons (Fsp3) is 0.176. The van der Waals surface area contributed by atoms with Gasteiger partial charge in [0.2, 0.25) is 0 Å². The number of rotatable bonds is 4. The van der Waals surface area contributed by atoms with E-state index in [2.05, 4.69) is 10.6 Å². The number of amides is 3. The molecule has 0 saturated heterocycles. The fourth-order valence-corrected chi connectivity index (χ4v) is 2.15. The lowest BCUT2D eigenvalue weighted by molar-refractivity contribution is -0.126. The summed E-state index contributed by atoms with van der Waals surface area (Å²) in [6.07, 6.45) is -0.854. The summed E-state index contributed by atoms with van der Waals surface area (Å²) in [5.41, 5.74) is 1.98. The van der Waals surface area contributed by atoms with E-state index in [0.717, 1.165) is 11.1 Å². The smallest absolute Gasteiger partial charge is 0.321 e. The summed E-state index contributed by atoms with van der Waals surface area (Å²) in [5, 5.41) is 4.84. The first-order chi connectivity index (χ1) is 11.0. The number of nitrogens with one attached hydrogen (secondary N) is 2. The molecule has 2 rings (SSSR count). The average Bonchev–Trinajstić information content (AvgIpc) is 2.57. The molecule has 2 N–H and O–H groups in total. The van der Waals surface area contributed by atoms with Gasteiger partial charge in [0.05, 0.1) is 5.02 Å². The van der Waals surface area contributed by atoms with Gasteiger partial charge in [-0.25, -0.2) is 4.79 Å². The summed E-state index contributed by atoms with van der Waals surface area (Å²) in [5.74, 6) is -0.168. The number of ether oxygens (including phenoxy) is 1. The van der Waals surface area contributed by atoms with Crippen molar-refractivity contribution in [3.05, 3.63) is 53.6 Å². The molecule has 0 aliphatic heterocycles. The Kier molecular flexibility index (Phi) is 5.60. The normalized spacial score (nSPS) is 11.4. The van der Waals surface area contributed by atoms with Crippen LogP contribution in [0.2, 0.25) is 5.02 Å². The predicted octanol–water partition coefficient (Wildman–Crippen LogP) is 3.23. The maximum absolute atomic E-state index is 11.8. The van der Waals surface area contributed by atoms with E-state index in [0.29, 0.717) is 10.8 Å². The molecule has 120 valence electrons. The van der Waals surface area contributed by atoms with Crippen LogP contribution >= 0.6 is 11.6 Å². The van der Waals surface area contributed by atoms with Gasteiger partial charge in [-0.1, -0.05) is 48.0 Å². The van der Waals surface area contributed by atoms with Crippen LogP contribution in [-0.2, 0) is 4.79 Å². The molecular weight excluding hydrogens is 316 g/mol. The summed E-state index contributed by atoms with van der Waals surface area (Å²) >= 11 is 6.23. The number of carbonyl (C=O) groups is 2. The van der Waals surface area contributed by atoms with E-state index in [-0.39, 0.29) is 0 Å². The molecule has 0 unspecified atom stereocenters. The zero-order chi connectivity index (χ0) is 16.8. The maximum Gasteiger partial charge on any atom is 0.321 e. The molecular formula is C17H17ClN2O3. The quantitative estimate of drug-likeness (QED) is 0.903. The van der Waals surface area contributed by atoms with E-state index in [1.807, 2.05) is 36.4 Å². The van der Waals surface area contributed by atoms with Crippen molar-refractivity contribution in [2.24, 2.45) is 0 Å². The van der Waals surface area contributed by atoms with E-state index in [9.17, 15) is 9.59 Å². The number of benzene rings is 2. The van der Waals surface area contributed by atoms with Crippen LogP contribution in [0.1, 0.15) is 6.92 Å². The predicted molar refractivity (Wildman–Crippen MR) is 89.6 cm³/mol. The van der Waals surface area contributed by atoms with Crippen LogP contribution in [0, 0.1) is 0 Å². The van der Waals surface area contributed by atoms with Crippen LogP contribution in [0.15, 0.2) is 48.5 Å². The van der Waals surface area contributed by atoms with Crippen molar-refractivity contribution >= 4 is 23.5 Å². The Bertz CT molecular complexity index is 704. The Hall–Kier alpha value is -2.53. The summed E-state index contributed by atoms with van der Waals surface area (Å²) in [4.78, 5) is 22.9. The first-order valence-corrected chi connectivity index (χ1v) is 7.43. The first kappa shape index (κ1) is 16.8. The number of imide groups is 1. The molecule has 0 aliphatic carbocycles. The summed E-state index contributed by atoms with van der Waals surface area (Å²) < 4.78 is 5.52. The molecule has 2 aromatic rings. The Morgan fingerprint density at radius 3 is 2.39 bits per heavy atom. The van der Waals surface area contributed by atoms with Crippen molar-refractivity contribution in [3.8, 4) is 16.9 Å². The lowest BCUT2D eigenvalue weighted by atomic mass is 10.1. The highest BCUT2D eigenvalue weighted by Crippen LogP contribution is 2.30. The molecule has 0 aromatic heterocycles. The average molecular weight is 333 g/mol. The highest BCUT2D eigenvalue weighted by Gasteiger charge is 2.18. The fourth-order valence-electron chi connectivity index (χ4n) is 1.93. The van der Waals surface area contributed by atoms with Gasteiger partial charge in [-0.2, -0.15) is 0 Å². The summed E-state index contributed by atoms with van der Waals surface area (Å²) in [6, 6.07) is 14.5. The van der Waals surface area contributed by atoms with Crippen LogP contribution < -0.4 is 15.4 Å². The van der Waals surface area contributed by atoms with Gasteiger partial charge >= 0.3 is 6.03 Å². The highest BCUT2D eigenvalue weighted by atomic mass is 35.5. The number of hydrogen-bond donors (Lipinski definition) is 2. The second-order valence-corrected chi connectivity index (χ2v) is 5.25. The molecule has 6 heteroatoms. The molecule has 0 bridgehead atoms. The van der Waals surface area contributed by atoms with Crippen LogP contribution in [0.4, 0.5) is 4.79 Å². The minimum absolute atomic E-state index is 0.380. The van der Waals surface area contributed by atoms with Crippen molar-refractivity contribution in [2.45, 2.75) is 13.0 Å². The van der Waals surface area contributed by atoms with Gasteiger partial charge in [-0.05, 0) is 30.2 Å². The van der Waals surface area contributed by atoms with Gasteiger partial charge in [0.25, 0.3) is 5.91 Å². The topological polar surface area (TPSA) is 67.4 Å².